The molecule has 4 aromatic rings. The maximum absolute atomic E-state index is 5.92. The molecule has 0 aliphatic carbocycles. The monoisotopic (exact) mass is 340 g/mol. The normalized spacial score (nSPS) is 11.2. The van der Waals surface area contributed by atoms with Crippen LogP contribution in [0, 0.1) is 0 Å². The Morgan fingerprint density at radius 3 is 2.31 bits per heavy atom. The third-order valence-corrected chi connectivity index (χ3v) is 4.24. The summed E-state index contributed by atoms with van der Waals surface area (Å²) in [5.74, 6) is 1.78. The molecule has 3 aromatic carbocycles. The van der Waals surface area contributed by atoms with Gasteiger partial charge in [0.15, 0.2) is 0 Å². The zero-order chi connectivity index (χ0) is 17.6. The van der Waals surface area contributed by atoms with Crippen molar-refractivity contribution in [2.45, 2.75) is 13.2 Å². The van der Waals surface area contributed by atoms with Crippen molar-refractivity contribution in [2.75, 3.05) is 0 Å². The third kappa shape index (κ3) is 3.67. The first kappa shape index (κ1) is 16.2. The van der Waals surface area contributed by atoms with E-state index < -0.39 is 0 Å². The van der Waals surface area contributed by atoms with E-state index in [0.717, 1.165) is 29.2 Å². The fourth-order valence-electron chi connectivity index (χ4n) is 2.96. The van der Waals surface area contributed by atoms with Gasteiger partial charge in [-0.05, 0) is 29.8 Å². The van der Waals surface area contributed by atoms with E-state index in [4.69, 9.17) is 9.72 Å². The summed E-state index contributed by atoms with van der Waals surface area (Å²) < 4.78 is 8.13. The van der Waals surface area contributed by atoms with Crippen LogP contribution in [-0.4, -0.2) is 9.55 Å². The van der Waals surface area contributed by atoms with Crippen LogP contribution in [0.3, 0.4) is 0 Å². The van der Waals surface area contributed by atoms with Gasteiger partial charge in [0, 0.05) is 6.54 Å². The van der Waals surface area contributed by atoms with E-state index in [1.54, 1.807) is 0 Å². The number of rotatable bonds is 6. The van der Waals surface area contributed by atoms with Crippen molar-refractivity contribution >= 4 is 17.1 Å². The van der Waals surface area contributed by atoms with Gasteiger partial charge >= 0.3 is 0 Å². The molecule has 0 radical (unpaired) electrons. The van der Waals surface area contributed by atoms with Crippen molar-refractivity contribution in [2.24, 2.45) is 0 Å². The SMILES string of the molecule is C(=C\c1ccccc1)/Cn1c(COc2ccccc2)nc2ccccc21. The van der Waals surface area contributed by atoms with E-state index >= 15 is 0 Å². The van der Waals surface area contributed by atoms with Crippen molar-refractivity contribution in [1.82, 2.24) is 9.55 Å². The Kier molecular flexibility index (Phi) is 4.79. The highest BCUT2D eigenvalue weighted by Gasteiger charge is 2.10. The number of para-hydroxylation sites is 3. The van der Waals surface area contributed by atoms with Crippen LogP contribution in [0.15, 0.2) is 91.0 Å². The lowest BCUT2D eigenvalue weighted by molar-refractivity contribution is 0.291. The number of fused-ring (bicyclic) bond motifs is 1. The van der Waals surface area contributed by atoms with E-state index in [0.29, 0.717) is 6.61 Å². The van der Waals surface area contributed by atoms with Crippen molar-refractivity contribution in [3.8, 4) is 5.75 Å². The predicted octanol–water partition coefficient (Wildman–Crippen LogP) is 5.33. The Balaban J connectivity index is 1.58. The number of allylic oxidation sites excluding steroid dienone is 1. The molecule has 1 heterocycles. The topological polar surface area (TPSA) is 27.1 Å². The average Bonchev–Trinajstić information content (AvgIpc) is 3.06. The van der Waals surface area contributed by atoms with Crippen molar-refractivity contribution in [3.63, 3.8) is 0 Å². The molecule has 0 fully saturated rings. The number of imidazole rings is 1. The van der Waals surface area contributed by atoms with E-state index in [2.05, 4.69) is 34.9 Å². The predicted molar refractivity (Wildman–Crippen MR) is 106 cm³/mol. The fourth-order valence-corrected chi connectivity index (χ4v) is 2.96. The summed E-state index contributed by atoms with van der Waals surface area (Å²) in [5, 5.41) is 0. The summed E-state index contributed by atoms with van der Waals surface area (Å²) in [6.07, 6.45) is 4.30. The van der Waals surface area contributed by atoms with Crippen LogP contribution in [0.5, 0.6) is 5.75 Å². The molecule has 4 rings (SSSR count). The van der Waals surface area contributed by atoms with E-state index in [9.17, 15) is 0 Å². The number of ether oxygens (including phenoxy) is 1. The molecule has 0 saturated heterocycles. The molecule has 3 nitrogen and oxygen atoms in total. The molecular weight excluding hydrogens is 320 g/mol. The molecule has 3 heteroatoms. The second kappa shape index (κ2) is 7.70. The first-order valence-corrected chi connectivity index (χ1v) is 8.74. The second-order valence-electron chi connectivity index (χ2n) is 6.04. The Labute approximate surface area is 153 Å². The number of aromatic nitrogens is 2. The highest BCUT2D eigenvalue weighted by molar-refractivity contribution is 5.76. The van der Waals surface area contributed by atoms with E-state index in [-0.39, 0.29) is 0 Å². The quantitative estimate of drug-likeness (QED) is 0.474. The van der Waals surface area contributed by atoms with Crippen LogP contribution < -0.4 is 4.74 Å². The zero-order valence-corrected chi connectivity index (χ0v) is 14.5. The summed E-state index contributed by atoms with van der Waals surface area (Å²) in [4.78, 5) is 4.76. The average molecular weight is 340 g/mol. The minimum Gasteiger partial charge on any atom is -0.486 e. The van der Waals surface area contributed by atoms with Gasteiger partial charge in [-0.25, -0.2) is 4.98 Å². The molecule has 0 aliphatic heterocycles. The van der Waals surface area contributed by atoms with Gasteiger partial charge in [0.25, 0.3) is 0 Å². The molecule has 0 spiro atoms. The Hall–Kier alpha value is -3.33. The molecule has 0 bridgehead atoms. The summed E-state index contributed by atoms with van der Waals surface area (Å²) in [7, 11) is 0. The molecule has 0 aliphatic rings. The highest BCUT2D eigenvalue weighted by Crippen LogP contribution is 2.18. The van der Waals surface area contributed by atoms with Gasteiger partial charge in [0.2, 0.25) is 0 Å². The zero-order valence-electron chi connectivity index (χ0n) is 14.5. The van der Waals surface area contributed by atoms with Gasteiger partial charge in [0.05, 0.1) is 11.0 Å². The molecule has 0 unspecified atom stereocenters. The van der Waals surface area contributed by atoms with Crippen molar-refractivity contribution in [3.05, 3.63) is 102 Å². The van der Waals surface area contributed by atoms with Crippen LogP contribution >= 0.6 is 0 Å². The molecule has 128 valence electrons. The highest BCUT2D eigenvalue weighted by atomic mass is 16.5. The number of nitrogens with zero attached hydrogens (tertiary/aromatic N) is 2. The van der Waals surface area contributed by atoms with Gasteiger partial charge in [0.1, 0.15) is 18.2 Å². The molecule has 0 atom stereocenters. The number of benzene rings is 3. The Bertz CT molecular complexity index is 1000. The molecule has 0 N–H and O–H groups in total. The first-order valence-electron chi connectivity index (χ1n) is 8.74. The Morgan fingerprint density at radius 2 is 1.50 bits per heavy atom. The molecule has 0 amide bonds. The smallest absolute Gasteiger partial charge is 0.148 e. The fraction of sp³-hybridized carbons (Fsp3) is 0.0870. The van der Waals surface area contributed by atoms with Crippen LogP contribution in [0.1, 0.15) is 11.4 Å². The first-order chi connectivity index (χ1) is 12.9. The van der Waals surface area contributed by atoms with Crippen molar-refractivity contribution < 1.29 is 4.74 Å². The lowest BCUT2D eigenvalue weighted by Crippen LogP contribution is -2.06. The van der Waals surface area contributed by atoms with Gasteiger partial charge < -0.3 is 9.30 Å². The lowest BCUT2D eigenvalue weighted by Gasteiger charge is -2.08. The van der Waals surface area contributed by atoms with Gasteiger partial charge in [-0.15, -0.1) is 0 Å². The second-order valence-corrected chi connectivity index (χ2v) is 6.04. The van der Waals surface area contributed by atoms with Crippen LogP contribution in [0.4, 0.5) is 0 Å². The largest absolute Gasteiger partial charge is 0.486 e. The standard InChI is InChI=1S/C23H20N2O/c1-3-10-19(11-4-1)12-9-17-25-22-16-8-7-15-21(22)24-23(25)18-26-20-13-5-2-6-14-20/h1-16H,17-18H2/b12-9+. The molecule has 0 saturated carbocycles. The van der Waals surface area contributed by atoms with Crippen molar-refractivity contribution in [1.29, 1.82) is 0 Å². The van der Waals surface area contributed by atoms with Gasteiger partial charge in [-0.1, -0.05) is 72.8 Å². The van der Waals surface area contributed by atoms with E-state index in [1.807, 2.05) is 66.7 Å². The number of hydrogen-bond acceptors (Lipinski definition) is 2. The molecular formula is C23H20N2O. The molecule has 1 aromatic heterocycles. The van der Waals surface area contributed by atoms with Gasteiger partial charge in [-0.3, -0.25) is 0 Å². The minimum absolute atomic E-state index is 0.442. The van der Waals surface area contributed by atoms with E-state index in [1.165, 1.54) is 5.56 Å². The van der Waals surface area contributed by atoms with Crippen LogP contribution in [-0.2, 0) is 13.2 Å². The maximum atomic E-state index is 5.92. The summed E-state index contributed by atoms with van der Waals surface area (Å²) in [6, 6.07) is 28.4. The van der Waals surface area contributed by atoms with Crippen LogP contribution in [0.2, 0.25) is 0 Å². The summed E-state index contributed by atoms with van der Waals surface area (Å²) in [6.45, 7) is 1.20. The summed E-state index contributed by atoms with van der Waals surface area (Å²) >= 11 is 0. The van der Waals surface area contributed by atoms with Gasteiger partial charge in [-0.2, -0.15) is 0 Å². The third-order valence-electron chi connectivity index (χ3n) is 4.24. The summed E-state index contributed by atoms with van der Waals surface area (Å²) in [5.41, 5.74) is 3.31. The van der Waals surface area contributed by atoms with Crippen LogP contribution in [0.25, 0.3) is 17.1 Å². The molecule has 26 heavy (non-hydrogen) atoms. The Morgan fingerprint density at radius 1 is 0.808 bits per heavy atom. The maximum Gasteiger partial charge on any atom is 0.148 e. The number of hydrogen-bond donors (Lipinski definition) is 0. The minimum atomic E-state index is 0.442. The lowest BCUT2D eigenvalue weighted by atomic mass is 10.2.